The minimum Gasteiger partial charge on any atom is -0.370 e. The van der Waals surface area contributed by atoms with Gasteiger partial charge in [0.15, 0.2) is 0 Å². The van der Waals surface area contributed by atoms with Crippen molar-refractivity contribution < 1.29 is 17.9 Å². The number of benzene rings is 3. The van der Waals surface area contributed by atoms with Crippen molar-refractivity contribution in [1.29, 1.82) is 0 Å². The third-order valence-electron chi connectivity index (χ3n) is 8.56. The zero-order valence-electron chi connectivity index (χ0n) is 25.1. The van der Waals surface area contributed by atoms with E-state index in [1.54, 1.807) is 0 Å². The van der Waals surface area contributed by atoms with Crippen LogP contribution in [0.2, 0.25) is 15.1 Å². The van der Waals surface area contributed by atoms with Crippen LogP contribution in [0.25, 0.3) is 0 Å². The molecule has 0 aromatic heterocycles. The third kappa shape index (κ3) is 9.44. The molecule has 11 heteroatoms. The summed E-state index contributed by atoms with van der Waals surface area (Å²) in [4.78, 5) is 12.6. The number of rotatable bonds is 15. The fourth-order valence-corrected chi connectivity index (χ4v) is 9.34. The van der Waals surface area contributed by atoms with Crippen molar-refractivity contribution in [2.24, 2.45) is 5.92 Å². The number of hydrogen-bond acceptors (Lipinski definition) is 5. The molecule has 3 aromatic carbocycles. The van der Waals surface area contributed by atoms with Crippen molar-refractivity contribution in [2.45, 2.75) is 68.0 Å². The molecule has 0 saturated heterocycles. The quantitative estimate of drug-likeness (QED) is 0.167. The lowest BCUT2D eigenvalue weighted by Gasteiger charge is -2.35. The van der Waals surface area contributed by atoms with Crippen molar-refractivity contribution in [3.63, 3.8) is 0 Å². The van der Waals surface area contributed by atoms with Gasteiger partial charge in [-0.1, -0.05) is 95.5 Å². The summed E-state index contributed by atoms with van der Waals surface area (Å²) in [6.45, 7) is 0.941. The molecule has 0 spiro atoms. The fraction of sp³-hybridized carbons (Fsp3) is 0.441. The van der Waals surface area contributed by atoms with Crippen LogP contribution in [-0.4, -0.2) is 57.0 Å². The van der Waals surface area contributed by atoms with Crippen LogP contribution in [0.3, 0.4) is 0 Å². The van der Waals surface area contributed by atoms with Gasteiger partial charge in [0.1, 0.15) is 11.5 Å². The Bertz CT molecular complexity index is 1490. The highest BCUT2D eigenvalue weighted by molar-refractivity contribution is 7.89. The van der Waals surface area contributed by atoms with E-state index in [1.807, 2.05) is 12.1 Å². The normalized spacial score (nSPS) is 19.4. The first-order valence-corrected chi connectivity index (χ1v) is 18.2. The Morgan fingerprint density at radius 3 is 2.13 bits per heavy atom. The lowest BCUT2D eigenvalue weighted by Crippen LogP contribution is -2.42. The van der Waals surface area contributed by atoms with E-state index < -0.39 is 10.0 Å². The second-order valence-electron chi connectivity index (χ2n) is 11.9. The molecular formula is C34H40Cl3N3O4S. The second-order valence-corrected chi connectivity index (χ2v) is 14.9. The predicted molar refractivity (Wildman–Crippen MR) is 180 cm³/mol. The van der Waals surface area contributed by atoms with Gasteiger partial charge in [-0.15, -0.1) is 0 Å². The van der Waals surface area contributed by atoms with Crippen molar-refractivity contribution in [2.75, 3.05) is 26.3 Å². The van der Waals surface area contributed by atoms with Crippen molar-refractivity contribution in [3.05, 3.63) is 99.0 Å². The van der Waals surface area contributed by atoms with Gasteiger partial charge in [0, 0.05) is 29.7 Å². The molecule has 0 bridgehead atoms. The molecule has 2 saturated carbocycles. The summed E-state index contributed by atoms with van der Waals surface area (Å²) in [7, 11) is -3.97. The minimum atomic E-state index is -3.97. The number of nitrogens with one attached hydrogen (secondary N) is 2. The molecule has 3 aromatic rings. The molecular weight excluding hydrogens is 653 g/mol. The van der Waals surface area contributed by atoms with E-state index in [9.17, 15) is 13.2 Å². The zero-order chi connectivity index (χ0) is 31.8. The Balaban J connectivity index is 1.07. The topological polar surface area (TPSA) is 87.7 Å². The van der Waals surface area contributed by atoms with Crippen LogP contribution < -0.4 is 10.6 Å². The average Bonchev–Trinajstić information content (AvgIpc) is 3.85. The number of sulfonamides is 1. The number of ether oxygens (including phenoxy) is 1. The SMILES string of the molecule is O=C(COCCN(C1CC1)S(=O)(=O)c1c(Cl)cc(Cl)cc1Cl)NC1CCC(C(NCCc2ccccc2)c2ccccc2)CC1. The van der Waals surface area contributed by atoms with Crippen LogP contribution in [0.1, 0.15) is 55.7 Å². The molecule has 2 N–H and O–H groups in total. The highest BCUT2D eigenvalue weighted by Gasteiger charge is 2.40. The molecule has 1 unspecified atom stereocenters. The summed E-state index contributed by atoms with van der Waals surface area (Å²) in [5.41, 5.74) is 2.62. The molecule has 1 amide bonds. The number of halogens is 3. The van der Waals surface area contributed by atoms with Gasteiger partial charge in [0.05, 0.1) is 16.7 Å². The van der Waals surface area contributed by atoms with E-state index in [0.717, 1.165) is 51.5 Å². The van der Waals surface area contributed by atoms with Gasteiger partial charge in [0.25, 0.3) is 0 Å². The van der Waals surface area contributed by atoms with Gasteiger partial charge >= 0.3 is 0 Å². The monoisotopic (exact) mass is 691 g/mol. The molecule has 242 valence electrons. The van der Waals surface area contributed by atoms with E-state index in [-0.39, 0.29) is 63.8 Å². The molecule has 1 atom stereocenters. The molecule has 5 rings (SSSR count). The summed E-state index contributed by atoms with van der Waals surface area (Å²) < 4.78 is 33.8. The summed E-state index contributed by atoms with van der Waals surface area (Å²) in [5, 5.41) is 7.16. The molecule has 2 aliphatic rings. The molecule has 0 heterocycles. The van der Waals surface area contributed by atoms with Crippen LogP contribution in [-0.2, 0) is 26.0 Å². The molecule has 7 nitrogen and oxygen atoms in total. The van der Waals surface area contributed by atoms with E-state index in [0.29, 0.717) is 5.92 Å². The first-order chi connectivity index (χ1) is 21.7. The minimum absolute atomic E-state index is 0.0220. The predicted octanol–water partition coefficient (Wildman–Crippen LogP) is 7.07. The standard InChI is InChI=1S/C34H40Cl3N3O4S/c35-27-21-30(36)34(31(37)22-27)45(42,43)40(29-15-16-29)19-20-44-23-32(41)39-28-13-11-26(12-14-28)33(25-9-5-2-6-10-25)38-18-17-24-7-3-1-4-8-24/h1-10,21-22,26,28-29,33,38H,11-20,23H2,(H,39,41). The van der Waals surface area contributed by atoms with Crippen LogP contribution >= 0.6 is 34.8 Å². The van der Waals surface area contributed by atoms with Gasteiger partial charge < -0.3 is 15.4 Å². The van der Waals surface area contributed by atoms with Gasteiger partial charge in [0.2, 0.25) is 15.9 Å². The maximum Gasteiger partial charge on any atom is 0.246 e. The summed E-state index contributed by atoms with van der Waals surface area (Å²) in [6.07, 6.45) is 6.29. The lowest BCUT2D eigenvalue weighted by molar-refractivity contribution is -0.126. The van der Waals surface area contributed by atoms with Gasteiger partial charge in [-0.05, 0) is 80.7 Å². The highest BCUT2D eigenvalue weighted by Crippen LogP contribution is 2.39. The van der Waals surface area contributed by atoms with E-state index in [1.165, 1.54) is 27.6 Å². The Morgan fingerprint density at radius 1 is 0.889 bits per heavy atom. The number of carbonyl (C=O) groups excluding carboxylic acids is 1. The van der Waals surface area contributed by atoms with Gasteiger partial charge in [-0.3, -0.25) is 4.79 Å². The van der Waals surface area contributed by atoms with Gasteiger partial charge in [-0.2, -0.15) is 4.31 Å². The summed E-state index contributed by atoms with van der Waals surface area (Å²) >= 11 is 18.4. The first-order valence-electron chi connectivity index (χ1n) is 15.6. The number of hydrogen-bond donors (Lipinski definition) is 2. The molecule has 2 fully saturated rings. The zero-order valence-corrected chi connectivity index (χ0v) is 28.2. The van der Waals surface area contributed by atoms with Crippen LogP contribution in [0.4, 0.5) is 0 Å². The van der Waals surface area contributed by atoms with Crippen molar-refractivity contribution in [3.8, 4) is 0 Å². The maximum atomic E-state index is 13.4. The molecule has 0 aliphatic heterocycles. The molecule has 45 heavy (non-hydrogen) atoms. The Kier molecular flexibility index (Phi) is 12.2. The molecule has 2 aliphatic carbocycles. The van der Waals surface area contributed by atoms with Crippen molar-refractivity contribution in [1.82, 2.24) is 14.9 Å². The average molecular weight is 693 g/mol. The van der Waals surface area contributed by atoms with Gasteiger partial charge in [-0.25, -0.2) is 8.42 Å². The number of carbonyl (C=O) groups is 1. The first kappa shape index (κ1) is 34.2. The summed E-state index contributed by atoms with van der Waals surface area (Å²) in [6, 6.07) is 24.1. The molecule has 0 radical (unpaired) electrons. The van der Waals surface area contributed by atoms with E-state index in [2.05, 4.69) is 59.2 Å². The Morgan fingerprint density at radius 2 is 1.51 bits per heavy atom. The van der Waals surface area contributed by atoms with Crippen LogP contribution in [0, 0.1) is 5.92 Å². The smallest absolute Gasteiger partial charge is 0.246 e. The summed E-state index contributed by atoms with van der Waals surface area (Å²) in [5.74, 6) is 0.286. The van der Waals surface area contributed by atoms with Crippen LogP contribution in [0.5, 0.6) is 0 Å². The second kappa shape index (κ2) is 16.1. The maximum absolute atomic E-state index is 13.4. The van der Waals surface area contributed by atoms with Crippen LogP contribution in [0.15, 0.2) is 77.7 Å². The van der Waals surface area contributed by atoms with Crippen molar-refractivity contribution >= 4 is 50.7 Å². The highest BCUT2D eigenvalue weighted by atomic mass is 35.5. The Hall–Kier alpha value is -2.17. The van der Waals surface area contributed by atoms with E-state index in [4.69, 9.17) is 39.5 Å². The fourth-order valence-electron chi connectivity index (χ4n) is 6.17. The number of amides is 1. The largest absolute Gasteiger partial charge is 0.370 e. The Labute approximate surface area is 281 Å². The number of nitrogens with zero attached hydrogens (tertiary/aromatic N) is 1. The third-order valence-corrected chi connectivity index (χ3v) is 11.7. The van der Waals surface area contributed by atoms with E-state index >= 15 is 0 Å². The lowest BCUT2D eigenvalue weighted by atomic mass is 9.79.